The molecular weight excluding hydrogens is 175 g/mol. The van der Waals surface area contributed by atoms with Crippen LogP contribution in [0.15, 0.2) is 0 Å². The third kappa shape index (κ3) is 2.30. The average Bonchev–Trinajstić information content (AvgIpc) is 2.03. The lowest BCUT2D eigenvalue weighted by Gasteiger charge is -2.40. The first-order valence-electron chi connectivity index (χ1n) is 4.26. The zero-order valence-corrected chi connectivity index (χ0v) is 7.66. The van der Waals surface area contributed by atoms with Crippen molar-refractivity contribution in [2.75, 3.05) is 19.8 Å². The average molecular weight is 190 g/mol. The van der Waals surface area contributed by atoms with Gasteiger partial charge in [0, 0.05) is 24.5 Å². The maximum absolute atomic E-state index is 12.6. The van der Waals surface area contributed by atoms with Crippen molar-refractivity contribution in [3.05, 3.63) is 0 Å². The zero-order chi connectivity index (χ0) is 10.1. The summed E-state index contributed by atoms with van der Waals surface area (Å²) >= 11 is 0. The molecule has 0 saturated carbocycles. The molecule has 1 aliphatic heterocycles. The molecule has 4 nitrogen and oxygen atoms in total. The van der Waals surface area contributed by atoms with Gasteiger partial charge in [0.1, 0.15) is 0 Å². The number of nitrogens with two attached hydrogens (primary N) is 1. The van der Waals surface area contributed by atoms with Crippen molar-refractivity contribution in [1.82, 2.24) is 4.90 Å². The van der Waals surface area contributed by atoms with Crippen molar-refractivity contribution >= 4 is 6.09 Å². The number of nitrogens with zero attached hydrogens (tertiary/aromatic N) is 1. The highest BCUT2D eigenvalue weighted by molar-refractivity contribution is 5.65. The van der Waals surface area contributed by atoms with E-state index in [0.717, 1.165) is 0 Å². The van der Waals surface area contributed by atoms with E-state index in [-0.39, 0.29) is 12.6 Å². The van der Waals surface area contributed by atoms with Gasteiger partial charge in [-0.05, 0) is 6.42 Å². The topological polar surface area (TPSA) is 66.6 Å². The predicted molar refractivity (Wildman–Crippen MR) is 46.3 cm³/mol. The van der Waals surface area contributed by atoms with Crippen LogP contribution in [0.1, 0.15) is 13.3 Å². The van der Waals surface area contributed by atoms with E-state index in [1.54, 1.807) is 6.92 Å². The first kappa shape index (κ1) is 10.2. The molecule has 1 saturated heterocycles. The first-order valence-corrected chi connectivity index (χ1v) is 4.26. The van der Waals surface area contributed by atoms with Gasteiger partial charge in [-0.15, -0.1) is 0 Å². The molecule has 0 aromatic rings. The summed E-state index contributed by atoms with van der Waals surface area (Å²) in [6, 6.07) is -0.245. The first-order chi connectivity index (χ1) is 5.97. The molecular formula is C8H15FN2O2. The van der Waals surface area contributed by atoms with Gasteiger partial charge in [-0.3, -0.25) is 4.39 Å². The number of hydrogen-bond acceptors (Lipinski definition) is 2. The molecule has 2 unspecified atom stereocenters. The summed E-state index contributed by atoms with van der Waals surface area (Å²) < 4.78 is 12.6. The second-order valence-corrected chi connectivity index (χ2v) is 4.07. The molecule has 0 radical (unpaired) electrons. The fourth-order valence-corrected chi connectivity index (χ4v) is 1.81. The zero-order valence-electron chi connectivity index (χ0n) is 7.66. The quantitative estimate of drug-likeness (QED) is 0.638. The van der Waals surface area contributed by atoms with E-state index in [4.69, 9.17) is 10.8 Å². The smallest absolute Gasteiger partial charge is 0.407 e. The highest BCUT2D eigenvalue weighted by Gasteiger charge is 2.36. The summed E-state index contributed by atoms with van der Waals surface area (Å²) in [7, 11) is 0. The molecule has 0 aromatic heterocycles. The molecule has 13 heavy (non-hydrogen) atoms. The summed E-state index contributed by atoms with van der Waals surface area (Å²) in [4.78, 5) is 11.8. The van der Waals surface area contributed by atoms with Gasteiger partial charge in [-0.25, -0.2) is 4.79 Å². The van der Waals surface area contributed by atoms with E-state index in [0.29, 0.717) is 13.0 Å². The summed E-state index contributed by atoms with van der Waals surface area (Å²) in [6.07, 6.45) is -0.470. The Bertz CT molecular complexity index is 212. The monoisotopic (exact) mass is 190 g/mol. The van der Waals surface area contributed by atoms with Gasteiger partial charge >= 0.3 is 6.09 Å². The number of carboxylic acid groups (broad SMARTS) is 1. The van der Waals surface area contributed by atoms with Crippen molar-refractivity contribution in [3.8, 4) is 0 Å². The van der Waals surface area contributed by atoms with E-state index in [2.05, 4.69) is 0 Å². The lowest BCUT2D eigenvalue weighted by atomic mass is 9.81. The van der Waals surface area contributed by atoms with Crippen molar-refractivity contribution in [2.24, 2.45) is 11.1 Å². The predicted octanol–water partition coefficient (Wildman–Crippen LogP) is 0.673. The van der Waals surface area contributed by atoms with Crippen LogP contribution in [0.2, 0.25) is 0 Å². The Kier molecular flexibility index (Phi) is 2.75. The van der Waals surface area contributed by atoms with Gasteiger partial charge in [-0.1, -0.05) is 6.92 Å². The van der Waals surface area contributed by atoms with Crippen LogP contribution in [0.4, 0.5) is 9.18 Å². The number of carbonyl (C=O) groups is 1. The molecule has 1 rings (SSSR count). The summed E-state index contributed by atoms with van der Waals surface area (Å²) in [5.41, 5.74) is 5.04. The Morgan fingerprint density at radius 1 is 1.85 bits per heavy atom. The molecule has 1 heterocycles. The fourth-order valence-electron chi connectivity index (χ4n) is 1.81. The van der Waals surface area contributed by atoms with Crippen LogP contribution in [0.25, 0.3) is 0 Å². The molecule has 0 spiro atoms. The lowest BCUT2D eigenvalue weighted by Crippen LogP contribution is -2.53. The van der Waals surface area contributed by atoms with Crippen LogP contribution in [-0.4, -0.2) is 41.9 Å². The van der Waals surface area contributed by atoms with Gasteiger partial charge in [0.15, 0.2) is 0 Å². The van der Waals surface area contributed by atoms with Gasteiger partial charge in [0.2, 0.25) is 0 Å². The molecule has 1 aliphatic rings. The molecule has 3 N–H and O–H groups in total. The number of piperidine rings is 1. The van der Waals surface area contributed by atoms with E-state index in [1.165, 1.54) is 4.90 Å². The lowest BCUT2D eigenvalue weighted by molar-refractivity contribution is 0.0620. The summed E-state index contributed by atoms with van der Waals surface area (Å²) in [5.74, 6) is 0. The number of halogens is 1. The van der Waals surface area contributed by atoms with E-state index < -0.39 is 18.2 Å². The maximum atomic E-state index is 12.6. The number of rotatable bonds is 1. The molecule has 76 valence electrons. The number of hydrogen-bond donors (Lipinski definition) is 2. The second-order valence-electron chi connectivity index (χ2n) is 4.07. The van der Waals surface area contributed by atoms with E-state index in [1.807, 2.05) is 0 Å². The Morgan fingerprint density at radius 2 is 2.46 bits per heavy atom. The van der Waals surface area contributed by atoms with Crippen LogP contribution < -0.4 is 5.73 Å². The Hall–Kier alpha value is -0.840. The Labute approximate surface area is 76.5 Å². The van der Waals surface area contributed by atoms with Crippen LogP contribution >= 0.6 is 0 Å². The molecule has 2 atom stereocenters. The normalized spacial score (nSPS) is 34.7. The van der Waals surface area contributed by atoms with Crippen LogP contribution in [-0.2, 0) is 0 Å². The Morgan fingerprint density at radius 3 is 2.92 bits per heavy atom. The van der Waals surface area contributed by atoms with Gasteiger partial charge in [0.05, 0.1) is 6.67 Å². The minimum absolute atomic E-state index is 0.243. The largest absolute Gasteiger partial charge is 0.465 e. The Balaban J connectivity index is 2.68. The van der Waals surface area contributed by atoms with Gasteiger partial charge in [-0.2, -0.15) is 0 Å². The molecule has 1 amide bonds. The van der Waals surface area contributed by atoms with Crippen molar-refractivity contribution in [3.63, 3.8) is 0 Å². The summed E-state index contributed by atoms with van der Waals surface area (Å²) in [5, 5.41) is 8.73. The molecule has 5 heteroatoms. The second kappa shape index (κ2) is 3.49. The fraction of sp³-hybridized carbons (Fsp3) is 0.875. The molecule has 0 bridgehead atoms. The highest BCUT2D eigenvalue weighted by Crippen LogP contribution is 2.29. The van der Waals surface area contributed by atoms with Crippen molar-refractivity contribution < 1.29 is 14.3 Å². The van der Waals surface area contributed by atoms with Crippen LogP contribution in [0, 0.1) is 5.41 Å². The number of alkyl halides is 1. The summed E-state index contributed by atoms with van der Waals surface area (Å²) in [6.45, 7) is 1.75. The van der Waals surface area contributed by atoms with E-state index >= 15 is 0 Å². The van der Waals surface area contributed by atoms with Crippen LogP contribution in [0.3, 0.4) is 0 Å². The third-order valence-corrected chi connectivity index (χ3v) is 2.38. The number of amides is 1. The van der Waals surface area contributed by atoms with E-state index in [9.17, 15) is 9.18 Å². The highest BCUT2D eigenvalue weighted by atomic mass is 19.1. The maximum Gasteiger partial charge on any atom is 0.407 e. The SMILES string of the molecule is CC1(CF)CC(N)CN(C(=O)O)C1. The number of likely N-dealkylation sites (tertiary alicyclic amines) is 1. The van der Waals surface area contributed by atoms with Gasteiger partial charge < -0.3 is 15.7 Å². The van der Waals surface area contributed by atoms with Gasteiger partial charge in [0.25, 0.3) is 0 Å². The van der Waals surface area contributed by atoms with Crippen molar-refractivity contribution in [1.29, 1.82) is 0 Å². The minimum Gasteiger partial charge on any atom is -0.465 e. The van der Waals surface area contributed by atoms with Crippen LogP contribution in [0.5, 0.6) is 0 Å². The standard InChI is InChI=1S/C8H15FN2O2/c1-8(4-9)2-6(10)3-11(5-8)7(12)13/h6H,2-5,10H2,1H3,(H,12,13). The molecule has 0 aromatic carbocycles. The third-order valence-electron chi connectivity index (χ3n) is 2.38. The van der Waals surface area contributed by atoms with Crippen molar-refractivity contribution in [2.45, 2.75) is 19.4 Å². The molecule has 1 fully saturated rings. The molecule has 0 aliphatic carbocycles. The minimum atomic E-state index is -1.02.